The van der Waals surface area contributed by atoms with Gasteiger partial charge in [0.05, 0.1) is 5.92 Å². The predicted molar refractivity (Wildman–Crippen MR) is 70.2 cm³/mol. The summed E-state index contributed by atoms with van der Waals surface area (Å²) in [5.41, 5.74) is 0.261. The highest BCUT2D eigenvalue weighted by molar-refractivity contribution is 9.10. The normalized spacial score (nSPS) is 12.2. The molecule has 1 unspecified atom stereocenters. The van der Waals surface area contributed by atoms with Gasteiger partial charge in [-0.1, -0.05) is 19.9 Å². The molecule has 1 aromatic rings. The molecule has 0 aromatic carbocycles. The van der Waals surface area contributed by atoms with Crippen LogP contribution < -0.4 is 5.32 Å². The number of carbonyl (C=O) groups excluding carboxylic acids is 1. The number of carboxylic acids is 1. The zero-order chi connectivity index (χ0) is 13.7. The number of nitrogens with zero attached hydrogens (tertiary/aromatic N) is 1. The van der Waals surface area contributed by atoms with E-state index in [9.17, 15) is 9.59 Å². The van der Waals surface area contributed by atoms with Gasteiger partial charge in [-0.2, -0.15) is 0 Å². The van der Waals surface area contributed by atoms with Crippen LogP contribution in [0, 0.1) is 11.8 Å². The van der Waals surface area contributed by atoms with Gasteiger partial charge in [-0.25, -0.2) is 4.98 Å². The Morgan fingerprint density at radius 3 is 2.61 bits per heavy atom. The third-order valence-corrected chi connectivity index (χ3v) is 2.99. The minimum Gasteiger partial charge on any atom is -0.481 e. The molecule has 18 heavy (non-hydrogen) atoms. The third-order valence-electron chi connectivity index (χ3n) is 2.55. The molecule has 0 saturated heterocycles. The molecular weight excluding hydrogens is 300 g/mol. The molecular formula is C12H15BrN2O3. The van der Waals surface area contributed by atoms with Crippen LogP contribution >= 0.6 is 15.9 Å². The smallest absolute Gasteiger partial charge is 0.308 e. The van der Waals surface area contributed by atoms with Crippen LogP contribution in [0.3, 0.4) is 0 Å². The maximum absolute atomic E-state index is 11.8. The summed E-state index contributed by atoms with van der Waals surface area (Å²) in [4.78, 5) is 26.7. The third kappa shape index (κ3) is 4.10. The minimum absolute atomic E-state index is 0.0433. The average molecular weight is 315 g/mol. The summed E-state index contributed by atoms with van der Waals surface area (Å²) >= 11 is 3.17. The van der Waals surface area contributed by atoms with E-state index in [1.165, 1.54) is 0 Å². The molecule has 98 valence electrons. The fourth-order valence-corrected chi connectivity index (χ4v) is 1.78. The van der Waals surface area contributed by atoms with Gasteiger partial charge in [0, 0.05) is 6.54 Å². The van der Waals surface area contributed by atoms with Crippen LogP contribution in [0.1, 0.15) is 24.3 Å². The van der Waals surface area contributed by atoms with Gasteiger partial charge in [0.15, 0.2) is 0 Å². The van der Waals surface area contributed by atoms with Crippen LogP contribution in [0.25, 0.3) is 0 Å². The molecule has 0 bridgehead atoms. The molecule has 2 N–H and O–H groups in total. The number of amides is 1. The van der Waals surface area contributed by atoms with Gasteiger partial charge >= 0.3 is 5.97 Å². The second-order valence-electron chi connectivity index (χ2n) is 4.24. The van der Waals surface area contributed by atoms with E-state index in [2.05, 4.69) is 26.2 Å². The lowest BCUT2D eigenvalue weighted by molar-refractivity contribution is -0.142. The molecule has 5 nitrogen and oxygen atoms in total. The zero-order valence-electron chi connectivity index (χ0n) is 10.2. The molecule has 1 aromatic heterocycles. The van der Waals surface area contributed by atoms with Crippen molar-refractivity contribution in [3.8, 4) is 0 Å². The largest absolute Gasteiger partial charge is 0.481 e. The van der Waals surface area contributed by atoms with E-state index in [1.54, 1.807) is 18.2 Å². The van der Waals surface area contributed by atoms with Gasteiger partial charge in [0.1, 0.15) is 10.3 Å². The summed E-state index contributed by atoms with van der Waals surface area (Å²) in [5, 5.41) is 11.6. The number of carbonyl (C=O) groups is 2. The maximum atomic E-state index is 11.8. The molecule has 1 atom stereocenters. The highest BCUT2D eigenvalue weighted by Crippen LogP contribution is 2.10. The molecule has 1 heterocycles. The lowest BCUT2D eigenvalue weighted by Crippen LogP contribution is -2.35. The van der Waals surface area contributed by atoms with Crippen molar-refractivity contribution in [3.05, 3.63) is 28.5 Å². The summed E-state index contributed by atoms with van der Waals surface area (Å²) in [7, 11) is 0. The standard InChI is InChI=1S/C12H15BrN2O3/c1-7(2)8(12(17)18)6-14-11(16)9-4-3-5-10(13)15-9/h3-5,7-8H,6H2,1-2H3,(H,14,16)(H,17,18). The lowest BCUT2D eigenvalue weighted by atomic mass is 9.96. The van der Waals surface area contributed by atoms with Gasteiger partial charge < -0.3 is 10.4 Å². The molecule has 1 amide bonds. The Balaban J connectivity index is 2.63. The summed E-state index contributed by atoms with van der Waals surface area (Å²) in [6, 6.07) is 4.99. The van der Waals surface area contributed by atoms with Crippen molar-refractivity contribution >= 4 is 27.8 Å². The van der Waals surface area contributed by atoms with Crippen LogP contribution in [0.2, 0.25) is 0 Å². The predicted octanol–water partition coefficient (Wildman–Crippen LogP) is 1.93. The van der Waals surface area contributed by atoms with E-state index in [0.29, 0.717) is 4.60 Å². The Morgan fingerprint density at radius 2 is 2.11 bits per heavy atom. The molecule has 0 aliphatic rings. The Labute approximate surface area is 114 Å². The van der Waals surface area contributed by atoms with Crippen LogP contribution in [0.4, 0.5) is 0 Å². The number of rotatable bonds is 5. The topological polar surface area (TPSA) is 79.3 Å². The number of pyridine rings is 1. The Morgan fingerprint density at radius 1 is 1.44 bits per heavy atom. The minimum atomic E-state index is -0.910. The molecule has 1 rings (SSSR count). The Hall–Kier alpha value is -1.43. The second kappa shape index (κ2) is 6.49. The fourth-order valence-electron chi connectivity index (χ4n) is 1.44. The van der Waals surface area contributed by atoms with E-state index in [4.69, 9.17) is 5.11 Å². The molecule has 0 aliphatic heterocycles. The molecule has 0 saturated carbocycles. The first-order chi connectivity index (χ1) is 8.41. The second-order valence-corrected chi connectivity index (χ2v) is 5.06. The number of halogens is 1. The number of hydrogen-bond donors (Lipinski definition) is 2. The van der Waals surface area contributed by atoms with Crippen LogP contribution in [0.15, 0.2) is 22.8 Å². The van der Waals surface area contributed by atoms with E-state index < -0.39 is 11.9 Å². The van der Waals surface area contributed by atoms with Gasteiger partial charge in [-0.3, -0.25) is 9.59 Å². The van der Waals surface area contributed by atoms with E-state index >= 15 is 0 Å². The SMILES string of the molecule is CC(C)C(CNC(=O)c1cccc(Br)n1)C(=O)O. The van der Waals surface area contributed by atoms with Crippen molar-refractivity contribution in [3.63, 3.8) is 0 Å². The van der Waals surface area contributed by atoms with Crippen LogP contribution in [-0.4, -0.2) is 28.5 Å². The van der Waals surface area contributed by atoms with Crippen molar-refractivity contribution in [1.29, 1.82) is 0 Å². The highest BCUT2D eigenvalue weighted by Gasteiger charge is 2.22. The first-order valence-electron chi connectivity index (χ1n) is 5.55. The zero-order valence-corrected chi connectivity index (χ0v) is 11.8. The van der Waals surface area contributed by atoms with Gasteiger partial charge in [-0.15, -0.1) is 0 Å². The van der Waals surface area contributed by atoms with Crippen molar-refractivity contribution in [1.82, 2.24) is 10.3 Å². The van der Waals surface area contributed by atoms with Crippen molar-refractivity contribution in [2.24, 2.45) is 11.8 Å². The fraction of sp³-hybridized carbons (Fsp3) is 0.417. The molecule has 6 heteroatoms. The lowest BCUT2D eigenvalue weighted by Gasteiger charge is -2.16. The van der Waals surface area contributed by atoms with Crippen molar-refractivity contribution < 1.29 is 14.7 Å². The quantitative estimate of drug-likeness (QED) is 0.814. The summed E-state index contributed by atoms with van der Waals surface area (Å²) in [5.74, 6) is -1.92. The van der Waals surface area contributed by atoms with E-state index in [-0.39, 0.29) is 24.1 Å². The first-order valence-corrected chi connectivity index (χ1v) is 6.34. The monoisotopic (exact) mass is 314 g/mol. The Bertz CT molecular complexity index is 449. The van der Waals surface area contributed by atoms with Crippen molar-refractivity contribution in [2.45, 2.75) is 13.8 Å². The first kappa shape index (κ1) is 14.6. The summed E-state index contributed by atoms with van der Waals surface area (Å²) < 4.78 is 0.564. The number of carboxylic acid groups (broad SMARTS) is 1. The summed E-state index contributed by atoms with van der Waals surface area (Å²) in [6.45, 7) is 3.71. The van der Waals surface area contributed by atoms with Crippen molar-refractivity contribution in [2.75, 3.05) is 6.54 Å². The van der Waals surface area contributed by atoms with E-state index in [1.807, 2.05) is 13.8 Å². The van der Waals surface area contributed by atoms with Gasteiger partial charge in [-0.05, 0) is 34.0 Å². The van der Waals surface area contributed by atoms with Gasteiger partial charge in [0.2, 0.25) is 0 Å². The van der Waals surface area contributed by atoms with Crippen LogP contribution in [-0.2, 0) is 4.79 Å². The van der Waals surface area contributed by atoms with Gasteiger partial charge in [0.25, 0.3) is 5.91 Å². The number of aliphatic carboxylic acids is 1. The number of nitrogens with one attached hydrogen (secondary N) is 1. The average Bonchev–Trinajstić information content (AvgIpc) is 2.28. The highest BCUT2D eigenvalue weighted by atomic mass is 79.9. The molecule has 0 spiro atoms. The number of aromatic nitrogens is 1. The molecule has 0 fully saturated rings. The molecule has 0 aliphatic carbocycles. The Kier molecular flexibility index (Phi) is 5.27. The van der Waals surface area contributed by atoms with E-state index in [0.717, 1.165) is 0 Å². The van der Waals surface area contributed by atoms with Crippen LogP contribution in [0.5, 0.6) is 0 Å². The number of hydrogen-bond acceptors (Lipinski definition) is 3. The summed E-state index contributed by atoms with van der Waals surface area (Å²) in [6.07, 6.45) is 0. The molecule has 0 radical (unpaired) electrons. The maximum Gasteiger partial charge on any atom is 0.308 e.